The van der Waals surface area contributed by atoms with Crippen molar-refractivity contribution in [2.45, 2.75) is 4.90 Å². The van der Waals surface area contributed by atoms with Crippen LogP contribution in [0.3, 0.4) is 0 Å². The Hall–Kier alpha value is -2.36. The van der Waals surface area contributed by atoms with Crippen LogP contribution in [0.2, 0.25) is 5.02 Å². The average molecular weight is 387 g/mol. The summed E-state index contributed by atoms with van der Waals surface area (Å²) in [6.45, 7) is 0.772. The molecule has 3 rings (SSSR count). The summed E-state index contributed by atoms with van der Waals surface area (Å²) in [6.07, 6.45) is 0. The van der Waals surface area contributed by atoms with E-state index in [0.717, 1.165) is 18.2 Å². The van der Waals surface area contributed by atoms with Crippen molar-refractivity contribution in [3.05, 3.63) is 52.8 Å². The molecule has 132 valence electrons. The SMILES string of the molecule is O=C(NNS(=O)(=O)c1ccc(F)c(Cl)c1)c1ccc2c(c1)OCCO2. The minimum absolute atomic E-state index is 0.170. The molecule has 1 heterocycles. The van der Waals surface area contributed by atoms with Crippen molar-refractivity contribution in [2.24, 2.45) is 0 Å². The molecule has 1 amide bonds. The van der Waals surface area contributed by atoms with Crippen LogP contribution in [0.5, 0.6) is 11.5 Å². The van der Waals surface area contributed by atoms with E-state index in [2.05, 4.69) is 5.43 Å². The Kier molecular flexibility index (Phi) is 4.80. The lowest BCUT2D eigenvalue weighted by molar-refractivity contribution is 0.0944. The number of rotatable bonds is 4. The second kappa shape index (κ2) is 6.87. The number of carbonyl (C=O) groups excluding carboxylic acids is 1. The second-order valence-corrected chi connectivity index (χ2v) is 7.08. The van der Waals surface area contributed by atoms with Crippen LogP contribution in [-0.2, 0) is 10.0 Å². The maximum atomic E-state index is 13.1. The fourth-order valence-electron chi connectivity index (χ4n) is 2.07. The molecule has 1 aliphatic heterocycles. The van der Waals surface area contributed by atoms with Gasteiger partial charge in [-0.3, -0.25) is 10.2 Å². The molecule has 0 radical (unpaired) electrons. The molecule has 0 saturated carbocycles. The zero-order valence-electron chi connectivity index (χ0n) is 12.6. The number of amides is 1. The number of sulfonamides is 1. The molecular formula is C15H12ClFN2O5S. The Morgan fingerprint density at radius 1 is 1.08 bits per heavy atom. The van der Waals surface area contributed by atoms with E-state index in [9.17, 15) is 17.6 Å². The minimum Gasteiger partial charge on any atom is -0.486 e. The van der Waals surface area contributed by atoms with Gasteiger partial charge in [-0.2, -0.15) is 0 Å². The van der Waals surface area contributed by atoms with Crippen LogP contribution >= 0.6 is 11.6 Å². The summed E-state index contributed by atoms with van der Waals surface area (Å²) in [5, 5.41) is -0.346. The van der Waals surface area contributed by atoms with E-state index in [-0.39, 0.29) is 15.5 Å². The van der Waals surface area contributed by atoms with Crippen molar-refractivity contribution in [1.29, 1.82) is 0 Å². The lowest BCUT2D eigenvalue weighted by atomic mass is 10.2. The molecule has 2 aromatic carbocycles. The third-order valence-corrected chi connectivity index (χ3v) is 4.84. The van der Waals surface area contributed by atoms with Gasteiger partial charge in [0, 0.05) is 5.56 Å². The molecule has 25 heavy (non-hydrogen) atoms. The number of fused-ring (bicyclic) bond motifs is 1. The van der Waals surface area contributed by atoms with E-state index in [1.807, 2.05) is 4.83 Å². The molecule has 0 saturated heterocycles. The van der Waals surface area contributed by atoms with Crippen LogP contribution in [0.15, 0.2) is 41.3 Å². The van der Waals surface area contributed by atoms with Crippen LogP contribution in [-0.4, -0.2) is 27.5 Å². The van der Waals surface area contributed by atoms with Crippen molar-refractivity contribution in [2.75, 3.05) is 13.2 Å². The Balaban J connectivity index is 1.72. The third kappa shape index (κ3) is 3.84. The predicted octanol–water partition coefficient (Wildman–Crippen LogP) is 1.87. The molecule has 0 aromatic heterocycles. The highest BCUT2D eigenvalue weighted by atomic mass is 35.5. The first-order chi connectivity index (χ1) is 11.9. The number of halogens is 2. The van der Waals surface area contributed by atoms with Gasteiger partial charge in [0.2, 0.25) is 0 Å². The van der Waals surface area contributed by atoms with Gasteiger partial charge < -0.3 is 9.47 Å². The standard InChI is InChI=1S/C15H12ClFN2O5S/c16-11-8-10(2-3-12(11)17)25(21,22)19-18-15(20)9-1-4-13-14(7-9)24-6-5-23-13/h1-4,7-8,19H,5-6H2,(H,18,20). The number of hydrogen-bond acceptors (Lipinski definition) is 5. The summed E-state index contributed by atoms with van der Waals surface area (Å²) in [4.78, 5) is 13.7. The van der Waals surface area contributed by atoms with Crippen LogP contribution in [0.25, 0.3) is 0 Å². The molecule has 0 spiro atoms. The van der Waals surface area contributed by atoms with Gasteiger partial charge in [-0.05, 0) is 36.4 Å². The monoisotopic (exact) mass is 386 g/mol. The molecule has 2 N–H and O–H groups in total. The Morgan fingerprint density at radius 3 is 2.52 bits per heavy atom. The Labute approximate surface area is 147 Å². The number of benzene rings is 2. The molecule has 0 fully saturated rings. The van der Waals surface area contributed by atoms with Gasteiger partial charge in [0.1, 0.15) is 19.0 Å². The van der Waals surface area contributed by atoms with Crippen molar-refractivity contribution < 1.29 is 27.1 Å². The smallest absolute Gasteiger partial charge is 0.266 e. The van der Waals surface area contributed by atoms with Crippen LogP contribution in [0.4, 0.5) is 4.39 Å². The van der Waals surface area contributed by atoms with Gasteiger partial charge in [0.25, 0.3) is 15.9 Å². The minimum atomic E-state index is -4.11. The van der Waals surface area contributed by atoms with E-state index < -0.39 is 21.7 Å². The van der Waals surface area contributed by atoms with Crippen molar-refractivity contribution in [1.82, 2.24) is 10.3 Å². The predicted molar refractivity (Wildman–Crippen MR) is 86.6 cm³/mol. The summed E-state index contributed by atoms with van der Waals surface area (Å²) in [6, 6.07) is 7.34. The fraction of sp³-hybridized carbons (Fsp3) is 0.133. The van der Waals surface area contributed by atoms with Crippen molar-refractivity contribution >= 4 is 27.5 Å². The molecule has 1 aliphatic rings. The third-order valence-electron chi connectivity index (χ3n) is 3.30. The topological polar surface area (TPSA) is 93.7 Å². The maximum Gasteiger partial charge on any atom is 0.266 e. The highest BCUT2D eigenvalue weighted by Gasteiger charge is 2.19. The molecule has 10 heteroatoms. The highest BCUT2D eigenvalue weighted by molar-refractivity contribution is 7.89. The molecule has 0 atom stereocenters. The van der Waals surface area contributed by atoms with Gasteiger partial charge in [-0.25, -0.2) is 12.8 Å². The van der Waals surface area contributed by atoms with Gasteiger partial charge >= 0.3 is 0 Å². The highest BCUT2D eigenvalue weighted by Crippen LogP contribution is 2.30. The van der Waals surface area contributed by atoms with Crippen LogP contribution in [0, 0.1) is 5.82 Å². The first-order valence-corrected chi connectivity index (χ1v) is 8.90. The molecular weight excluding hydrogens is 375 g/mol. The lowest BCUT2D eigenvalue weighted by Crippen LogP contribution is -2.41. The maximum absolute atomic E-state index is 13.1. The van der Waals surface area contributed by atoms with E-state index in [1.165, 1.54) is 12.1 Å². The Morgan fingerprint density at radius 2 is 1.80 bits per heavy atom. The van der Waals surface area contributed by atoms with Crippen molar-refractivity contribution in [3.63, 3.8) is 0 Å². The summed E-state index contributed by atoms with van der Waals surface area (Å²) >= 11 is 5.57. The van der Waals surface area contributed by atoms with Gasteiger partial charge in [-0.1, -0.05) is 11.6 Å². The first-order valence-electron chi connectivity index (χ1n) is 7.04. The van der Waals surface area contributed by atoms with Crippen LogP contribution < -0.4 is 19.7 Å². The average Bonchev–Trinajstić information content (AvgIpc) is 2.61. The fourth-order valence-corrected chi connectivity index (χ4v) is 3.18. The quantitative estimate of drug-likeness (QED) is 0.782. The molecule has 0 bridgehead atoms. The lowest BCUT2D eigenvalue weighted by Gasteiger charge is -2.18. The van der Waals surface area contributed by atoms with E-state index in [0.29, 0.717) is 24.7 Å². The first kappa shape index (κ1) is 17.5. The normalized spacial score (nSPS) is 13.4. The number of nitrogens with one attached hydrogen (secondary N) is 2. The van der Waals surface area contributed by atoms with Gasteiger partial charge in [0.05, 0.1) is 9.92 Å². The number of ether oxygens (including phenoxy) is 2. The van der Waals surface area contributed by atoms with Gasteiger partial charge in [0.15, 0.2) is 11.5 Å². The molecule has 2 aromatic rings. The summed E-state index contributed by atoms with van der Waals surface area (Å²) < 4.78 is 48.0. The summed E-state index contributed by atoms with van der Waals surface area (Å²) in [5.41, 5.74) is 2.24. The molecule has 0 unspecified atom stereocenters. The zero-order chi connectivity index (χ0) is 18.0. The zero-order valence-corrected chi connectivity index (χ0v) is 14.2. The van der Waals surface area contributed by atoms with E-state index >= 15 is 0 Å². The number of hydrazine groups is 1. The van der Waals surface area contributed by atoms with E-state index in [1.54, 1.807) is 6.07 Å². The van der Waals surface area contributed by atoms with Crippen molar-refractivity contribution in [3.8, 4) is 11.5 Å². The Bertz CT molecular complexity index is 936. The van der Waals surface area contributed by atoms with Crippen LogP contribution in [0.1, 0.15) is 10.4 Å². The summed E-state index contributed by atoms with van der Waals surface area (Å²) in [7, 11) is -4.11. The van der Waals surface area contributed by atoms with E-state index in [4.69, 9.17) is 21.1 Å². The number of hydrogen-bond donors (Lipinski definition) is 2. The summed E-state index contributed by atoms with van der Waals surface area (Å²) in [5.74, 6) is -0.550. The van der Waals surface area contributed by atoms with Gasteiger partial charge in [-0.15, -0.1) is 4.83 Å². The second-order valence-electron chi connectivity index (χ2n) is 4.99. The molecule has 0 aliphatic carbocycles. The largest absolute Gasteiger partial charge is 0.486 e. The number of carbonyl (C=O) groups is 1. The molecule has 7 nitrogen and oxygen atoms in total.